The van der Waals surface area contributed by atoms with E-state index >= 15 is 0 Å². The molecule has 1 amide bonds. The Morgan fingerprint density at radius 1 is 1.17 bits per heavy atom. The van der Waals surface area contributed by atoms with Gasteiger partial charge in [0.15, 0.2) is 5.17 Å². The largest absolute Gasteiger partial charge is 0.496 e. The van der Waals surface area contributed by atoms with Crippen LogP contribution >= 0.6 is 11.8 Å². The summed E-state index contributed by atoms with van der Waals surface area (Å²) in [5.41, 5.74) is 1.96. The van der Waals surface area contributed by atoms with Crippen molar-refractivity contribution in [1.82, 2.24) is 5.32 Å². The molecule has 0 unspecified atom stereocenters. The van der Waals surface area contributed by atoms with Crippen LogP contribution in [-0.4, -0.2) is 29.6 Å². The van der Waals surface area contributed by atoms with Gasteiger partial charge in [-0.25, -0.2) is 0 Å². The van der Waals surface area contributed by atoms with Crippen LogP contribution in [0.3, 0.4) is 0 Å². The van der Waals surface area contributed by atoms with Crippen LogP contribution in [0.15, 0.2) is 64.8 Å². The lowest BCUT2D eigenvalue weighted by Gasteiger charge is -2.04. The summed E-state index contributed by atoms with van der Waals surface area (Å²) in [6.45, 7) is 0. The van der Waals surface area contributed by atoms with Gasteiger partial charge in [0, 0.05) is 5.56 Å². The van der Waals surface area contributed by atoms with Gasteiger partial charge < -0.3 is 10.1 Å². The lowest BCUT2D eigenvalue weighted by Crippen LogP contribution is -2.25. The van der Waals surface area contributed by atoms with E-state index in [2.05, 4.69) is 15.5 Å². The number of carbonyl (C=O) groups excluding carboxylic acids is 1. The molecule has 24 heavy (non-hydrogen) atoms. The number of methoxy groups -OCH3 is 1. The van der Waals surface area contributed by atoms with Crippen molar-refractivity contribution in [2.75, 3.05) is 7.11 Å². The van der Waals surface area contributed by atoms with E-state index in [0.717, 1.165) is 16.9 Å². The highest BCUT2D eigenvalue weighted by atomic mass is 32.2. The van der Waals surface area contributed by atoms with Gasteiger partial charge in [-0.15, -0.1) is 5.10 Å². The van der Waals surface area contributed by atoms with Crippen LogP contribution in [0.1, 0.15) is 11.1 Å². The second-order valence-electron chi connectivity index (χ2n) is 5.18. The van der Waals surface area contributed by atoms with Crippen molar-refractivity contribution < 1.29 is 9.53 Å². The third-order valence-electron chi connectivity index (χ3n) is 3.52. The molecule has 0 aromatic heterocycles. The van der Waals surface area contributed by atoms with Gasteiger partial charge in [-0.2, -0.15) is 5.10 Å². The van der Waals surface area contributed by atoms with Crippen molar-refractivity contribution >= 4 is 29.1 Å². The van der Waals surface area contributed by atoms with Gasteiger partial charge in [0.25, 0.3) is 0 Å². The molecular formula is C18H17N3O2S. The van der Waals surface area contributed by atoms with E-state index in [1.165, 1.54) is 11.8 Å². The number of nitrogens with zero attached hydrogens (tertiary/aromatic N) is 2. The highest BCUT2D eigenvalue weighted by Gasteiger charge is 2.30. The third-order valence-corrected chi connectivity index (χ3v) is 4.60. The van der Waals surface area contributed by atoms with Crippen LogP contribution in [-0.2, 0) is 11.2 Å². The molecule has 1 fully saturated rings. The SMILES string of the molecule is COc1ccccc1/C=N\N=C1/NC(=O)[C@@H](Cc2ccccc2)S1. The summed E-state index contributed by atoms with van der Waals surface area (Å²) in [7, 11) is 1.61. The summed E-state index contributed by atoms with van der Waals surface area (Å²) in [5.74, 6) is 0.696. The summed E-state index contributed by atoms with van der Waals surface area (Å²) in [5, 5.41) is 11.3. The van der Waals surface area contributed by atoms with Gasteiger partial charge in [0.2, 0.25) is 5.91 Å². The Hall–Kier alpha value is -2.60. The molecule has 0 bridgehead atoms. The molecule has 0 radical (unpaired) electrons. The minimum atomic E-state index is -0.174. The maximum absolute atomic E-state index is 12.0. The molecule has 1 atom stereocenters. The van der Waals surface area contributed by atoms with Crippen LogP contribution in [0.5, 0.6) is 5.75 Å². The molecule has 0 spiro atoms. The Bertz CT molecular complexity index is 775. The van der Waals surface area contributed by atoms with E-state index in [1.807, 2.05) is 54.6 Å². The summed E-state index contributed by atoms with van der Waals surface area (Å²) in [4.78, 5) is 12.0. The first-order chi connectivity index (χ1) is 11.8. The second-order valence-corrected chi connectivity index (χ2v) is 6.37. The Morgan fingerprint density at radius 2 is 1.92 bits per heavy atom. The zero-order chi connectivity index (χ0) is 16.8. The fourth-order valence-electron chi connectivity index (χ4n) is 2.33. The fraction of sp³-hybridized carbons (Fsp3) is 0.167. The van der Waals surface area contributed by atoms with E-state index in [1.54, 1.807) is 13.3 Å². The smallest absolute Gasteiger partial charge is 0.239 e. The number of hydrogen-bond acceptors (Lipinski definition) is 5. The fourth-order valence-corrected chi connectivity index (χ4v) is 3.30. The predicted octanol–water partition coefficient (Wildman–Crippen LogP) is 2.86. The molecule has 0 saturated carbocycles. The maximum Gasteiger partial charge on any atom is 0.239 e. The van der Waals surface area contributed by atoms with E-state index in [0.29, 0.717) is 11.6 Å². The first kappa shape index (κ1) is 16.3. The molecule has 5 nitrogen and oxygen atoms in total. The third kappa shape index (κ3) is 4.02. The van der Waals surface area contributed by atoms with Crippen molar-refractivity contribution in [1.29, 1.82) is 0 Å². The molecule has 1 aliphatic rings. The van der Waals surface area contributed by atoms with Crippen molar-refractivity contribution in [2.45, 2.75) is 11.7 Å². The molecule has 2 aromatic rings. The number of rotatable bonds is 5. The van der Waals surface area contributed by atoms with Gasteiger partial charge in [-0.05, 0) is 24.1 Å². The monoisotopic (exact) mass is 339 g/mol. The highest BCUT2D eigenvalue weighted by molar-refractivity contribution is 8.15. The number of thioether (sulfide) groups is 1. The molecule has 1 saturated heterocycles. The topological polar surface area (TPSA) is 63.1 Å². The molecular weight excluding hydrogens is 322 g/mol. The van der Waals surface area contributed by atoms with Gasteiger partial charge in [-0.1, -0.05) is 54.2 Å². The highest BCUT2D eigenvalue weighted by Crippen LogP contribution is 2.23. The molecule has 1 N–H and O–H groups in total. The number of hydrogen-bond donors (Lipinski definition) is 1. The summed E-state index contributed by atoms with van der Waals surface area (Å²) >= 11 is 1.40. The van der Waals surface area contributed by atoms with Gasteiger partial charge in [0.1, 0.15) is 5.75 Å². The van der Waals surface area contributed by atoms with Crippen LogP contribution in [0, 0.1) is 0 Å². The van der Waals surface area contributed by atoms with E-state index in [9.17, 15) is 4.79 Å². The lowest BCUT2D eigenvalue weighted by molar-refractivity contribution is -0.118. The number of ether oxygens (including phenoxy) is 1. The zero-order valence-corrected chi connectivity index (χ0v) is 14.0. The van der Waals surface area contributed by atoms with E-state index in [4.69, 9.17) is 4.74 Å². The predicted molar refractivity (Wildman–Crippen MR) is 97.7 cm³/mol. The van der Waals surface area contributed by atoms with E-state index in [-0.39, 0.29) is 11.2 Å². The van der Waals surface area contributed by atoms with Crippen molar-refractivity contribution in [3.05, 3.63) is 65.7 Å². The Labute approximate surface area is 144 Å². The van der Waals surface area contributed by atoms with Gasteiger partial charge in [-0.3, -0.25) is 4.79 Å². The average molecular weight is 339 g/mol. The zero-order valence-electron chi connectivity index (χ0n) is 13.2. The van der Waals surface area contributed by atoms with E-state index < -0.39 is 0 Å². The first-order valence-corrected chi connectivity index (χ1v) is 8.39. The number of carbonyl (C=O) groups is 1. The molecule has 1 heterocycles. The molecule has 1 aliphatic heterocycles. The van der Waals surface area contributed by atoms with Gasteiger partial charge >= 0.3 is 0 Å². The summed E-state index contributed by atoms with van der Waals surface area (Å²) in [6.07, 6.45) is 2.29. The minimum absolute atomic E-state index is 0.0323. The Balaban J connectivity index is 1.65. The molecule has 3 rings (SSSR count). The quantitative estimate of drug-likeness (QED) is 0.673. The number of para-hydroxylation sites is 1. The standard InChI is InChI=1S/C18H17N3O2S/c1-23-15-10-6-5-9-14(15)12-19-21-18-20-17(22)16(24-18)11-13-7-3-2-4-8-13/h2-10,12,16H,11H2,1H3,(H,20,21,22)/b19-12-/t16-/m1/s1. The van der Waals surface area contributed by atoms with Crippen LogP contribution in [0.25, 0.3) is 0 Å². The summed E-state index contributed by atoms with van der Waals surface area (Å²) < 4.78 is 5.25. The summed E-state index contributed by atoms with van der Waals surface area (Å²) in [6, 6.07) is 17.5. The number of benzene rings is 2. The molecule has 2 aromatic carbocycles. The van der Waals surface area contributed by atoms with Crippen molar-refractivity contribution in [3.8, 4) is 5.75 Å². The average Bonchev–Trinajstić information content (AvgIpc) is 2.96. The van der Waals surface area contributed by atoms with Crippen LogP contribution in [0.4, 0.5) is 0 Å². The van der Waals surface area contributed by atoms with Crippen molar-refractivity contribution in [3.63, 3.8) is 0 Å². The minimum Gasteiger partial charge on any atom is -0.496 e. The number of amides is 1. The number of amidine groups is 1. The Kier molecular flexibility index (Phi) is 5.28. The number of nitrogens with one attached hydrogen (secondary N) is 1. The lowest BCUT2D eigenvalue weighted by atomic mass is 10.1. The first-order valence-electron chi connectivity index (χ1n) is 7.52. The Morgan fingerprint density at radius 3 is 2.71 bits per heavy atom. The maximum atomic E-state index is 12.0. The van der Waals surface area contributed by atoms with Crippen molar-refractivity contribution in [2.24, 2.45) is 10.2 Å². The normalized spacial score (nSPS) is 19.0. The molecule has 6 heteroatoms. The molecule has 0 aliphatic carbocycles. The van der Waals surface area contributed by atoms with Crippen LogP contribution < -0.4 is 10.1 Å². The molecule has 122 valence electrons. The van der Waals surface area contributed by atoms with Crippen LogP contribution in [0.2, 0.25) is 0 Å². The second kappa shape index (κ2) is 7.79. The van der Waals surface area contributed by atoms with Gasteiger partial charge in [0.05, 0.1) is 18.6 Å².